The average molecular weight is 464 g/mol. The first kappa shape index (κ1) is 20.5. The quantitative estimate of drug-likeness (QED) is 0.546. The molecular formula is C20H13BrF3N3O2. The number of anilines is 2. The predicted octanol–water partition coefficient (Wildman–Crippen LogP) is 5.37. The predicted molar refractivity (Wildman–Crippen MR) is 106 cm³/mol. The van der Waals surface area contributed by atoms with Crippen LogP contribution in [0.4, 0.5) is 24.5 Å². The molecule has 0 spiro atoms. The molecule has 148 valence electrons. The Labute approximate surface area is 172 Å². The third-order valence-corrected chi connectivity index (χ3v) is 4.23. The molecular weight excluding hydrogens is 451 g/mol. The Morgan fingerprint density at radius 2 is 1.45 bits per heavy atom. The second kappa shape index (κ2) is 8.44. The van der Waals surface area contributed by atoms with Crippen LogP contribution in [0.25, 0.3) is 0 Å². The van der Waals surface area contributed by atoms with Crippen molar-refractivity contribution in [3.05, 3.63) is 88.2 Å². The second-order valence-corrected chi connectivity index (χ2v) is 6.88. The van der Waals surface area contributed by atoms with Gasteiger partial charge in [0.15, 0.2) is 0 Å². The maximum Gasteiger partial charge on any atom is 0.416 e. The normalized spacial score (nSPS) is 11.0. The summed E-state index contributed by atoms with van der Waals surface area (Å²) in [6.07, 6.45) is -1.58. The van der Waals surface area contributed by atoms with Crippen LogP contribution in [0.5, 0.6) is 0 Å². The molecule has 0 saturated carbocycles. The summed E-state index contributed by atoms with van der Waals surface area (Å²) in [7, 11) is 0. The van der Waals surface area contributed by atoms with Crippen LogP contribution in [0.15, 0.2) is 71.5 Å². The van der Waals surface area contributed by atoms with Crippen molar-refractivity contribution in [3.63, 3.8) is 0 Å². The molecule has 0 unspecified atom stereocenters. The molecule has 3 rings (SSSR count). The minimum atomic E-state index is -4.51. The molecule has 3 aromatic rings. The van der Waals surface area contributed by atoms with E-state index < -0.39 is 23.6 Å². The van der Waals surface area contributed by atoms with Gasteiger partial charge in [-0.2, -0.15) is 13.2 Å². The molecule has 1 aromatic heterocycles. The summed E-state index contributed by atoms with van der Waals surface area (Å²) in [6, 6.07) is 12.0. The third-order valence-electron chi connectivity index (χ3n) is 3.80. The van der Waals surface area contributed by atoms with Crippen molar-refractivity contribution in [1.82, 2.24) is 4.98 Å². The Hall–Kier alpha value is -3.20. The molecule has 5 nitrogen and oxygen atoms in total. The smallest absolute Gasteiger partial charge is 0.322 e. The number of carbonyl (C=O) groups is 2. The Morgan fingerprint density at radius 1 is 0.828 bits per heavy atom. The van der Waals surface area contributed by atoms with Crippen molar-refractivity contribution < 1.29 is 22.8 Å². The van der Waals surface area contributed by atoms with Gasteiger partial charge < -0.3 is 10.6 Å². The molecule has 0 atom stereocenters. The van der Waals surface area contributed by atoms with Crippen molar-refractivity contribution in [2.24, 2.45) is 0 Å². The highest BCUT2D eigenvalue weighted by atomic mass is 79.9. The van der Waals surface area contributed by atoms with Crippen molar-refractivity contribution in [3.8, 4) is 0 Å². The zero-order valence-electron chi connectivity index (χ0n) is 14.6. The summed E-state index contributed by atoms with van der Waals surface area (Å²) in [5.41, 5.74) is -0.00383. The summed E-state index contributed by atoms with van der Waals surface area (Å²) < 4.78 is 39.1. The van der Waals surface area contributed by atoms with E-state index in [0.717, 1.165) is 12.1 Å². The average Bonchev–Trinajstić information content (AvgIpc) is 2.68. The molecule has 1 heterocycles. The summed E-state index contributed by atoms with van der Waals surface area (Å²) >= 11 is 3.23. The fourth-order valence-corrected chi connectivity index (χ4v) is 2.82. The first-order valence-electron chi connectivity index (χ1n) is 8.23. The van der Waals surface area contributed by atoms with E-state index in [2.05, 4.69) is 31.5 Å². The highest BCUT2D eigenvalue weighted by Crippen LogP contribution is 2.30. The molecule has 0 aliphatic heterocycles. The number of amides is 2. The molecule has 0 aliphatic carbocycles. The Balaban J connectivity index is 1.74. The second-order valence-electron chi connectivity index (χ2n) is 5.96. The maximum absolute atomic E-state index is 12.8. The lowest BCUT2D eigenvalue weighted by molar-refractivity contribution is -0.137. The van der Waals surface area contributed by atoms with Crippen LogP contribution in [0.2, 0.25) is 0 Å². The zero-order valence-corrected chi connectivity index (χ0v) is 16.2. The van der Waals surface area contributed by atoms with Crippen LogP contribution in [0.1, 0.15) is 26.3 Å². The van der Waals surface area contributed by atoms with Crippen molar-refractivity contribution in [2.45, 2.75) is 6.18 Å². The van der Waals surface area contributed by atoms with Gasteiger partial charge in [-0.1, -0.05) is 12.1 Å². The lowest BCUT2D eigenvalue weighted by atomic mass is 10.1. The standard InChI is InChI=1S/C20H13BrF3N3O2/c21-15-7-13(10-25-11-15)19(29)26-16-5-1-3-12(8-16)18(28)27-17-6-2-4-14(9-17)20(22,23)24/h1-11H,(H,26,29)(H,27,28). The van der Waals surface area contributed by atoms with E-state index in [1.165, 1.54) is 36.7 Å². The number of hydrogen-bond donors (Lipinski definition) is 2. The topological polar surface area (TPSA) is 71.1 Å². The van der Waals surface area contributed by atoms with Gasteiger partial charge in [-0.05, 0) is 58.4 Å². The summed E-state index contributed by atoms with van der Waals surface area (Å²) in [6.45, 7) is 0. The van der Waals surface area contributed by atoms with Crippen LogP contribution >= 0.6 is 15.9 Å². The molecule has 0 aliphatic rings. The largest absolute Gasteiger partial charge is 0.416 e. The monoisotopic (exact) mass is 463 g/mol. The molecule has 9 heteroatoms. The summed E-state index contributed by atoms with van der Waals surface area (Å²) in [5, 5.41) is 5.07. The number of benzene rings is 2. The van der Waals surface area contributed by atoms with Gasteiger partial charge >= 0.3 is 6.18 Å². The zero-order chi connectivity index (χ0) is 21.0. The molecule has 0 bridgehead atoms. The highest BCUT2D eigenvalue weighted by Gasteiger charge is 2.30. The number of rotatable bonds is 4. The Morgan fingerprint density at radius 3 is 2.10 bits per heavy atom. The van der Waals surface area contributed by atoms with Crippen LogP contribution in [-0.2, 0) is 6.18 Å². The number of carbonyl (C=O) groups excluding carboxylic acids is 2. The fraction of sp³-hybridized carbons (Fsp3) is 0.0500. The summed E-state index contributed by atoms with van der Waals surface area (Å²) in [4.78, 5) is 28.6. The van der Waals surface area contributed by atoms with Crippen LogP contribution in [0.3, 0.4) is 0 Å². The van der Waals surface area contributed by atoms with Gasteiger partial charge in [0.2, 0.25) is 0 Å². The van der Waals surface area contributed by atoms with E-state index in [4.69, 9.17) is 0 Å². The minimum absolute atomic E-state index is 0.0134. The number of aromatic nitrogens is 1. The maximum atomic E-state index is 12.8. The highest BCUT2D eigenvalue weighted by molar-refractivity contribution is 9.10. The van der Waals surface area contributed by atoms with E-state index in [-0.39, 0.29) is 11.3 Å². The Bertz CT molecular complexity index is 1070. The van der Waals surface area contributed by atoms with Gasteiger partial charge in [0.1, 0.15) is 0 Å². The van der Waals surface area contributed by atoms with E-state index in [9.17, 15) is 22.8 Å². The molecule has 0 saturated heterocycles. The number of pyridine rings is 1. The van der Waals surface area contributed by atoms with Gasteiger partial charge in [0.05, 0.1) is 11.1 Å². The molecule has 2 amide bonds. The summed E-state index contributed by atoms with van der Waals surface area (Å²) in [5.74, 6) is -1.03. The minimum Gasteiger partial charge on any atom is -0.322 e. The van der Waals surface area contributed by atoms with Crippen LogP contribution < -0.4 is 10.6 Å². The lowest BCUT2D eigenvalue weighted by Gasteiger charge is -2.11. The number of alkyl halides is 3. The SMILES string of the molecule is O=C(Nc1cccc(C(=O)Nc2cccc(C(F)(F)F)c2)c1)c1cncc(Br)c1. The van der Waals surface area contributed by atoms with E-state index >= 15 is 0 Å². The van der Waals surface area contributed by atoms with Gasteiger partial charge in [-0.15, -0.1) is 0 Å². The van der Waals surface area contributed by atoms with Crippen molar-refractivity contribution >= 4 is 39.1 Å². The first-order chi connectivity index (χ1) is 13.7. The van der Waals surface area contributed by atoms with E-state index in [0.29, 0.717) is 15.7 Å². The van der Waals surface area contributed by atoms with Gasteiger partial charge in [0, 0.05) is 33.8 Å². The number of nitrogens with one attached hydrogen (secondary N) is 2. The molecule has 2 aromatic carbocycles. The number of nitrogens with zero attached hydrogens (tertiary/aromatic N) is 1. The molecule has 29 heavy (non-hydrogen) atoms. The fourth-order valence-electron chi connectivity index (χ4n) is 2.45. The van der Waals surface area contributed by atoms with Gasteiger partial charge in [0.25, 0.3) is 11.8 Å². The van der Waals surface area contributed by atoms with Crippen molar-refractivity contribution in [2.75, 3.05) is 10.6 Å². The Kier molecular flexibility index (Phi) is 5.97. The van der Waals surface area contributed by atoms with Crippen molar-refractivity contribution in [1.29, 1.82) is 0 Å². The first-order valence-corrected chi connectivity index (χ1v) is 9.02. The lowest BCUT2D eigenvalue weighted by Crippen LogP contribution is -2.15. The number of halogens is 4. The molecule has 0 radical (unpaired) electrons. The van der Waals surface area contributed by atoms with Crippen LogP contribution in [-0.4, -0.2) is 16.8 Å². The molecule has 0 fully saturated rings. The van der Waals surface area contributed by atoms with E-state index in [1.807, 2.05) is 0 Å². The van der Waals surface area contributed by atoms with Gasteiger partial charge in [-0.3, -0.25) is 14.6 Å². The third kappa shape index (κ3) is 5.41. The molecule has 2 N–H and O–H groups in total. The van der Waals surface area contributed by atoms with Gasteiger partial charge in [-0.25, -0.2) is 0 Å². The van der Waals surface area contributed by atoms with E-state index in [1.54, 1.807) is 18.2 Å². The number of hydrogen-bond acceptors (Lipinski definition) is 3. The van der Waals surface area contributed by atoms with Crippen LogP contribution in [0, 0.1) is 0 Å².